The lowest BCUT2D eigenvalue weighted by atomic mass is 10.0. The molecule has 0 aromatic rings. The number of carbonyl (C=O) groups is 3. The number of ether oxygens (including phenoxy) is 3. The van der Waals surface area contributed by atoms with E-state index in [1.54, 1.807) is 6.08 Å². The monoisotopic (exact) mass is 1140 g/mol. The van der Waals surface area contributed by atoms with Crippen molar-refractivity contribution < 1.29 is 28.6 Å². The van der Waals surface area contributed by atoms with E-state index in [2.05, 4.69) is 191 Å². The van der Waals surface area contributed by atoms with Crippen molar-refractivity contribution in [2.24, 2.45) is 0 Å². The number of carbonyl (C=O) groups excluding carboxylic acids is 3. The summed E-state index contributed by atoms with van der Waals surface area (Å²) in [6.45, 7) is 6.26. The van der Waals surface area contributed by atoms with Crippen molar-refractivity contribution in [3.8, 4) is 0 Å². The first-order valence-corrected chi connectivity index (χ1v) is 33.3. The highest BCUT2D eigenvalue weighted by molar-refractivity contribution is 5.72. The van der Waals surface area contributed by atoms with Crippen LogP contribution in [0.5, 0.6) is 0 Å². The number of hydrogen-bond donors (Lipinski definition) is 0. The van der Waals surface area contributed by atoms with E-state index in [4.69, 9.17) is 14.2 Å². The van der Waals surface area contributed by atoms with Crippen LogP contribution in [-0.2, 0) is 28.6 Å². The minimum atomic E-state index is -0.862. The molecule has 0 aliphatic rings. The summed E-state index contributed by atoms with van der Waals surface area (Å²) in [4.78, 5) is 38.3. The molecule has 0 spiro atoms. The number of allylic oxidation sites excluding steroid dienone is 29. The van der Waals surface area contributed by atoms with Crippen LogP contribution in [-0.4, -0.2) is 37.2 Å². The largest absolute Gasteiger partial charge is 0.462 e. The molecule has 0 bridgehead atoms. The highest BCUT2D eigenvalue weighted by atomic mass is 16.6. The lowest BCUT2D eigenvalue weighted by molar-refractivity contribution is -0.166. The SMILES string of the molecule is CC/C=C\C/C=C\C/C=C\C/C=C\C/C=C\C/C=C\C/C=C\CCCC(=O)OC(COC(=O)C/C=C\C/C=C\C/C=C\C/C=C\C/C=C\CC)COC(=O)CCCCCCCCCCCCCC/C=C\C/C=C\C/C=C\CCCCCCC. The van der Waals surface area contributed by atoms with Gasteiger partial charge in [0.2, 0.25) is 0 Å². The Morgan fingerprint density at radius 3 is 0.880 bits per heavy atom. The van der Waals surface area contributed by atoms with Crippen LogP contribution in [0.3, 0.4) is 0 Å². The van der Waals surface area contributed by atoms with Gasteiger partial charge in [-0.25, -0.2) is 0 Å². The quantitative estimate of drug-likeness (QED) is 0.0261. The zero-order valence-corrected chi connectivity index (χ0v) is 53.1. The molecule has 0 saturated carbocycles. The Labute approximate surface area is 510 Å². The van der Waals surface area contributed by atoms with Gasteiger partial charge >= 0.3 is 17.9 Å². The van der Waals surface area contributed by atoms with Crippen LogP contribution < -0.4 is 0 Å². The first-order valence-electron chi connectivity index (χ1n) is 33.3. The Morgan fingerprint density at radius 2 is 0.530 bits per heavy atom. The molecular formula is C77H120O6. The summed E-state index contributed by atoms with van der Waals surface area (Å²) in [5.74, 6) is -1.14. The van der Waals surface area contributed by atoms with E-state index in [0.29, 0.717) is 12.8 Å². The molecule has 1 atom stereocenters. The standard InChI is InChI=1S/C77H120O6/c1-4-7-10-13-16-19-22-25-28-30-32-34-36-37-38-39-41-42-44-46-49-52-55-58-61-64-67-70-76(79)82-73-74(72-81-75(78)69-66-63-60-57-54-51-48-27-24-21-18-15-12-9-6-3)83-77(80)71-68-65-62-59-56-53-50-47-45-43-40-35-33-31-29-26-23-20-17-14-11-8-5-2/h8-9,11-12,17-18,20-22,25-27,29-30,32-33,35-37,43,45,48,50,53-54,57,59,62-63,66,74H,4-7,10,13-16,19,23-24,28,31,34,38-42,44,46-47,49,51-52,55-56,58,60-61,64-65,67-73H2,1-3H3/b11-8-,12-9-,20-17-,21-18-,25-22-,29-26-,32-30-,35-33-,37-36-,45-43-,48-27-,53-50-,57-54-,62-59-,66-63-. The van der Waals surface area contributed by atoms with Gasteiger partial charge in [-0.05, 0) is 135 Å². The fourth-order valence-electron chi connectivity index (χ4n) is 8.51. The summed E-state index contributed by atoms with van der Waals surface area (Å²) < 4.78 is 16.8. The van der Waals surface area contributed by atoms with Crippen molar-refractivity contribution in [2.45, 2.75) is 271 Å². The van der Waals surface area contributed by atoms with Gasteiger partial charge in [0.25, 0.3) is 0 Å². The van der Waals surface area contributed by atoms with E-state index in [9.17, 15) is 14.4 Å². The van der Waals surface area contributed by atoms with E-state index in [0.717, 1.165) is 116 Å². The summed E-state index contributed by atoms with van der Waals surface area (Å²) in [6.07, 6.45) is 104. The van der Waals surface area contributed by atoms with Gasteiger partial charge in [-0.3, -0.25) is 14.4 Å². The van der Waals surface area contributed by atoms with Crippen LogP contribution in [0.25, 0.3) is 0 Å². The smallest absolute Gasteiger partial charge is 0.309 e. The highest BCUT2D eigenvalue weighted by Crippen LogP contribution is 2.15. The van der Waals surface area contributed by atoms with E-state index in [1.165, 1.54) is 103 Å². The van der Waals surface area contributed by atoms with Gasteiger partial charge in [0.15, 0.2) is 6.10 Å². The number of rotatable bonds is 58. The molecule has 6 nitrogen and oxygen atoms in total. The molecule has 0 heterocycles. The minimum Gasteiger partial charge on any atom is -0.462 e. The molecule has 83 heavy (non-hydrogen) atoms. The topological polar surface area (TPSA) is 78.9 Å². The fourth-order valence-corrected chi connectivity index (χ4v) is 8.51. The van der Waals surface area contributed by atoms with Crippen LogP contribution in [0.4, 0.5) is 0 Å². The second-order valence-corrected chi connectivity index (χ2v) is 21.3. The van der Waals surface area contributed by atoms with Crippen LogP contribution >= 0.6 is 0 Å². The molecule has 0 aromatic carbocycles. The molecule has 0 aliphatic heterocycles. The first-order chi connectivity index (χ1) is 41.0. The minimum absolute atomic E-state index is 0.105. The van der Waals surface area contributed by atoms with Crippen LogP contribution in [0.2, 0.25) is 0 Å². The van der Waals surface area contributed by atoms with Gasteiger partial charge in [-0.15, -0.1) is 0 Å². The number of esters is 3. The number of hydrogen-bond acceptors (Lipinski definition) is 6. The van der Waals surface area contributed by atoms with Gasteiger partial charge in [0.05, 0.1) is 6.42 Å². The Balaban J connectivity index is 4.52. The van der Waals surface area contributed by atoms with Gasteiger partial charge < -0.3 is 14.2 Å². The third-order valence-corrected chi connectivity index (χ3v) is 13.4. The Hall–Kier alpha value is -5.49. The molecule has 464 valence electrons. The van der Waals surface area contributed by atoms with Gasteiger partial charge in [0.1, 0.15) is 13.2 Å². The molecule has 0 N–H and O–H groups in total. The third kappa shape index (κ3) is 67.2. The van der Waals surface area contributed by atoms with E-state index >= 15 is 0 Å². The van der Waals surface area contributed by atoms with E-state index in [1.807, 2.05) is 6.08 Å². The van der Waals surface area contributed by atoms with Crippen molar-refractivity contribution in [1.29, 1.82) is 0 Å². The van der Waals surface area contributed by atoms with E-state index < -0.39 is 18.0 Å². The Kier molecular flexibility index (Phi) is 64.4. The molecule has 0 aromatic heterocycles. The molecule has 6 heteroatoms. The van der Waals surface area contributed by atoms with Crippen LogP contribution in [0.1, 0.15) is 265 Å². The molecule has 0 fully saturated rings. The van der Waals surface area contributed by atoms with Gasteiger partial charge in [-0.2, -0.15) is 0 Å². The molecule has 0 amide bonds. The Morgan fingerprint density at radius 1 is 0.265 bits per heavy atom. The van der Waals surface area contributed by atoms with Crippen molar-refractivity contribution in [3.05, 3.63) is 182 Å². The van der Waals surface area contributed by atoms with Gasteiger partial charge in [-0.1, -0.05) is 293 Å². The molecular weight excluding hydrogens is 1020 g/mol. The molecule has 1 unspecified atom stereocenters. The van der Waals surface area contributed by atoms with Crippen molar-refractivity contribution in [3.63, 3.8) is 0 Å². The predicted molar refractivity (Wildman–Crippen MR) is 361 cm³/mol. The van der Waals surface area contributed by atoms with Crippen molar-refractivity contribution in [2.75, 3.05) is 13.2 Å². The molecule has 0 radical (unpaired) electrons. The van der Waals surface area contributed by atoms with Crippen LogP contribution in [0, 0.1) is 0 Å². The fraction of sp³-hybridized carbons (Fsp3) is 0.571. The molecule has 0 saturated heterocycles. The summed E-state index contributed by atoms with van der Waals surface area (Å²) in [5, 5.41) is 0. The lowest BCUT2D eigenvalue weighted by Gasteiger charge is -2.18. The van der Waals surface area contributed by atoms with Crippen LogP contribution in [0.15, 0.2) is 182 Å². The average molecular weight is 1140 g/mol. The lowest BCUT2D eigenvalue weighted by Crippen LogP contribution is -2.30. The summed E-state index contributed by atoms with van der Waals surface area (Å²) in [6, 6.07) is 0. The maximum atomic E-state index is 12.9. The predicted octanol–water partition coefficient (Wildman–Crippen LogP) is 23.2. The summed E-state index contributed by atoms with van der Waals surface area (Å²) in [7, 11) is 0. The van der Waals surface area contributed by atoms with Crippen molar-refractivity contribution in [1.82, 2.24) is 0 Å². The maximum Gasteiger partial charge on any atom is 0.309 e. The third-order valence-electron chi connectivity index (χ3n) is 13.4. The zero-order valence-electron chi connectivity index (χ0n) is 53.1. The van der Waals surface area contributed by atoms with Gasteiger partial charge in [0, 0.05) is 12.8 Å². The molecule has 0 aliphatic carbocycles. The van der Waals surface area contributed by atoms with E-state index in [-0.39, 0.29) is 32.0 Å². The molecule has 0 rings (SSSR count). The second kappa shape index (κ2) is 69.0. The van der Waals surface area contributed by atoms with Crippen molar-refractivity contribution >= 4 is 17.9 Å². The second-order valence-electron chi connectivity index (χ2n) is 21.3. The first kappa shape index (κ1) is 77.5. The highest BCUT2D eigenvalue weighted by Gasteiger charge is 2.19. The normalized spacial score (nSPS) is 13.3. The Bertz CT molecular complexity index is 1940. The maximum absolute atomic E-state index is 12.9. The zero-order chi connectivity index (χ0) is 59.9. The summed E-state index contributed by atoms with van der Waals surface area (Å²) >= 11 is 0. The average Bonchev–Trinajstić information content (AvgIpc) is 3.49. The summed E-state index contributed by atoms with van der Waals surface area (Å²) in [5.41, 5.74) is 0. The number of unbranched alkanes of at least 4 members (excludes halogenated alkanes) is 18.